The van der Waals surface area contributed by atoms with Crippen molar-refractivity contribution in [3.63, 3.8) is 0 Å². The lowest BCUT2D eigenvalue weighted by Crippen LogP contribution is -2.59. The number of fused-ring (bicyclic) bond motifs is 5. The zero-order valence-corrected chi connectivity index (χ0v) is 34.3. The molecule has 298 valence electrons. The molecule has 9 rings (SSSR count). The molecule has 4 fully saturated rings. The first-order valence-electron chi connectivity index (χ1n) is 21.4. The summed E-state index contributed by atoms with van der Waals surface area (Å²) >= 11 is 6.09. The molecule has 0 amide bonds. The van der Waals surface area contributed by atoms with Gasteiger partial charge in [-0.1, -0.05) is 99.6 Å². The first-order valence-corrected chi connectivity index (χ1v) is 21.9. The van der Waals surface area contributed by atoms with E-state index in [2.05, 4.69) is 63.2 Å². The van der Waals surface area contributed by atoms with Crippen LogP contribution in [0.1, 0.15) is 101 Å². The first-order chi connectivity index (χ1) is 27.6. The maximum atomic E-state index is 14.1. The van der Waals surface area contributed by atoms with Crippen molar-refractivity contribution in [2.75, 3.05) is 5.88 Å². The summed E-state index contributed by atoms with van der Waals surface area (Å²) in [7, 11) is 0. The Bertz CT molecular complexity index is 2270. The van der Waals surface area contributed by atoms with Crippen LogP contribution in [0.25, 0.3) is 32.3 Å². The van der Waals surface area contributed by atoms with Crippen molar-refractivity contribution in [3.8, 4) is 0 Å². The van der Waals surface area contributed by atoms with Gasteiger partial charge in [-0.2, -0.15) is 0 Å². The monoisotopic (exact) mass is 786 g/mol. The molecule has 4 aliphatic rings. The van der Waals surface area contributed by atoms with Crippen LogP contribution in [-0.4, -0.2) is 36.0 Å². The summed E-state index contributed by atoms with van der Waals surface area (Å²) in [6.07, 6.45) is 8.67. The zero-order valence-electron chi connectivity index (χ0n) is 33.5. The molecule has 0 radical (unpaired) electrons. The van der Waals surface area contributed by atoms with Crippen LogP contribution >= 0.6 is 11.6 Å². The Balaban J connectivity index is 0.900. The molecule has 0 spiro atoms. The van der Waals surface area contributed by atoms with Crippen molar-refractivity contribution >= 4 is 61.8 Å². The average molecular weight is 787 g/mol. The smallest absolute Gasteiger partial charge is 0.339 e. The minimum atomic E-state index is -0.346. The first kappa shape index (κ1) is 38.4. The second-order valence-corrected chi connectivity index (χ2v) is 18.8. The Morgan fingerprint density at radius 3 is 2.21 bits per heavy atom. The molecule has 0 N–H and O–H groups in total. The van der Waals surface area contributed by atoms with E-state index in [1.54, 1.807) is 0 Å². The van der Waals surface area contributed by atoms with E-state index in [4.69, 9.17) is 25.8 Å². The summed E-state index contributed by atoms with van der Waals surface area (Å²) in [4.78, 5) is 39.8. The molecule has 57 heavy (non-hydrogen) atoms. The van der Waals surface area contributed by atoms with Crippen molar-refractivity contribution in [2.24, 2.45) is 46.3 Å². The van der Waals surface area contributed by atoms with Gasteiger partial charge in [-0.05, 0) is 142 Å². The number of carbonyl (C=O) groups excluding carboxylic acids is 3. The highest BCUT2D eigenvalue weighted by atomic mass is 35.5. The third-order valence-electron chi connectivity index (χ3n) is 15.8. The molecular weight excluding hydrogens is 732 g/mol. The Morgan fingerprint density at radius 1 is 0.737 bits per heavy atom. The number of alkyl halides is 1. The number of esters is 3. The highest BCUT2D eigenvalue weighted by Gasteiger charge is 2.64. The van der Waals surface area contributed by atoms with Crippen LogP contribution in [0.4, 0.5) is 0 Å². The molecule has 0 aromatic heterocycles. The Kier molecular flexibility index (Phi) is 10.2. The van der Waals surface area contributed by atoms with E-state index in [1.165, 1.54) is 16.2 Å². The van der Waals surface area contributed by atoms with Crippen LogP contribution in [0, 0.1) is 46.3 Å². The fourth-order valence-corrected chi connectivity index (χ4v) is 13.1. The molecule has 0 unspecified atom stereocenters. The minimum Gasteiger partial charge on any atom is -0.461 e. The quantitative estimate of drug-likeness (QED) is 0.0607. The third-order valence-corrected chi connectivity index (χ3v) is 16.1. The largest absolute Gasteiger partial charge is 0.461 e. The van der Waals surface area contributed by atoms with Crippen LogP contribution in [0.5, 0.6) is 0 Å². The van der Waals surface area contributed by atoms with E-state index < -0.39 is 0 Å². The van der Waals surface area contributed by atoms with Crippen LogP contribution in [-0.2, 0) is 30.4 Å². The van der Waals surface area contributed by atoms with Crippen molar-refractivity contribution in [1.29, 1.82) is 0 Å². The second-order valence-electron chi connectivity index (χ2n) is 18.6. The number of carbonyl (C=O) groups is 3. The lowest BCUT2D eigenvalue weighted by molar-refractivity contribution is -0.194. The Morgan fingerprint density at radius 2 is 1.44 bits per heavy atom. The number of benzene rings is 5. The Labute approximate surface area is 341 Å². The number of halogens is 1. The highest BCUT2D eigenvalue weighted by molar-refractivity contribution is 6.26. The molecule has 0 heterocycles. The number of hydrogen-bond donors (Lipinski definition) is 0. The van der Waals surface area contributed by atoms with Gasteiger partial charge in [-0.3, -0.25) is 9.59 Å². The van der Waals surface area contributed by atoms with Gasteiger partial charge in [0, 0.05) is 12.3 Å². The summed E-state index contributed by atoms with van der Waals surface area (Å²) < 4.78 is 18.4. The normalized spacial score (nSPS) is 31.3. The van der Waals surface area contributed by atoms with Gasteiger partial charge in [0.25, 0.3) is 0 Å². The topological polar surface area (TPSA) is 78.9 Å². The van der Waals surface area contributed by atoms with E-state index in [9.17, 15) is 14.4 Å². The third kappa shape index (κ3) is 6.78. The predicted molar refractivity (Wildman–Crippen MR) is 225 cm³/mol. The minimum absolute atomic E-state index is 0.0674. The summed E-state index contributed by atoms with van der Waals surface area (Å²) in [6.45, 7) is 7.60. The van der Waals surface area contributed by atoms with Gasteiger partial charge in [0.15, 0.2) is 0 Å². The van der Waals surface area contributed by atoms with Gasteiger partial charge in [-0.15, -0.1) is 11.6 Å². The molecule has 4 aliphatic carbocycles. The lowest BCUT2D eigenvalue weighted by atomic mass is 9.43. The maximum absolute atomic E-state index is 14.1. The SMILES string of the molecule is C[C@H](CCC(=O)OCc1ccccc1)[C@H]1CC[C@H]2[C@@H]3[C@H](OC(=O)CCl)C[C@@H]4C[C@H](OC(=O)c5ccc6ccc7cccc8ccc5c6c78)CC[C@]4(C)[C@H]3CC[C@]12C. The summed E-state index contributed by atoms with van der Waals surface area (Å²) in [5, 5.41) is 6.71. The van der Waals surface area contributed by atoms with Crippen molar-refractivity contribution in [3.05, 3.63) is 96.1 Å². The Hall–Kier alpha value is -4.16. The molecular formula is C50H55ClO6. The highest BCUT2D eigenvalue weighted by Crippen LogP contribution is 2.69. The van der Waals surface area contributed by atoms with Crippen molar-refractivity contribution in [1.82, 2.24) is 0 Å². The van der Waals surface area contributed by atoms with Gasteiger partial charge in [0.05, 0.1) is 5.56 Å². The zero-order chi connectivity index (χ0) is 39.5. The summed E-state index contributed by atoms with van der Waals surface area (Å²) in [6, 6.07) is 28.6. The van der Waals surface area contributed by atoms with Gasteiger partial charge >= 0.3 is 17.9 Å². The second kappa shape index (κ2) is 15.2. The van der Waals surface area contributed by atoms with Crippen LogP contribution < -0.4 is 0 Å². The van der Waals surface area contributed by atoms with E-state index in [0.29, 0.717) is 42.3 Å². The fraction of sp³-hybridized carbons (Fsp3) is 0.500. The van der Waals surface area contributed by atoms with Crippen LogP contribution in [0.3, 0.4) is 0 Å². The molecule has 4 saturated carbocycles. The van der Waals surface area contributed by atoms with E-state index >= 15 is 0 Å². The van der Waals surface area contributed by atoms with Crippen molar-refractivity contribution in [2.45, 2.75) is 104 Å². The maximum Gasteiger partial charge on any atom is 0.339 e. The summed E-state index contributed by atoms with van der Waals surface area (Å²) in [5.41, 5.74) is 1.80. The lowest BCUT2D eigenvalue weighted by Gasteiger charge is -2.62. The van der Waals surface area contributed by atoms with Crippen LogP contribution in [0.2, 0.25) is 0 Å². The van der Waals surface area contributed by atoms with Gasteiger partial charge in [0.1, 0.15) is 24.7 Å². The molecule has 5 aromatic carbocycles. The fourth-order valence-electron chi connectivity index (χ4n) is 13.0. The molecule has 0 aliphatic heterocycles. The predicted octanol–water partition coefficient (Wildman–Crippen LogP) is 11.7. The number of hydrogen-bond acceptors (Lipinski definition) is 6. The molecule has 7 heteroatoms. The molecule has 0 bridgehead atoms. The molecule has 10 atom stereocenters. The van der Waals surface area contributed by atoms with Crippen molar-refractivity contribution < 1.29 is 28.6 Å². The standard InChI is InChI=1S/C50H55ClO6/c1-30(12-21-43(52)55-29-31-8-5-4-6-9-31)39-19-20-40-47-41(23-25-50(39,40)3)49(2)24-22-36(26-35(49)27-42(47)57-44(53)28-51)56-48(54)38-18-16-34-14-13-32-10-7-11-33-15-17-37(38)46(34)45(32)33/h4-11,13-18,30,35-36,39-42,47H,12,19-29H2,1-3H3/t30-,35+,36-,39-,40+,41+,42-,47+,49+,50-/m1/s1. The van der Waals surface area contributed by atoms with E-state index in [0.717, 1.165) is 79.5 Å². The number of ether oxygens (including phenoxy) is 3. The summed E-state index contributed by atoms with van der Waals surface area (Å²) in [5.74, 6) is 1.37. The molecule has 0 saturated heterocycles. The molecule has 6 nitrogen and oxygen atoms in total. The van der Waals surface area contributed by atoms with Gasteiger partial charge in [0.2, 0.25) is 0 Å². The molecule has 5 aromatic rings. The van der Waals surface area contributed by atoms with E-state index in [1.807, 2.05) is 42.5 Å². The van der Waals surface area contributed by atoms with Gasteiger partial charge in [-0.25, -0.2) is 4.79 Å². The van der Waals surface area contributed by atoms with Crippen LogP contribution in [0.15, 0.2) is 84.9 Å². The average Bonchev–Trinajstić information content (AvgIpc) is 3.59. The van der Waals surface area contributed by atoms with Gasteiger partial charge < -0.3 is 14.2 Å². The van der Waals surface area contributed by atoms with E-state index in [-0.39, 0.29) is 58.7 Å². The number of rotatable bonds is 10.